The Hall–Kier alpha value is -0.610. The number of hydrogen-bond acceptors (Lipinski definition) is 3. The highest BCUT2D eigenvalue weighted by molar-refractivity contribution is 5.67. The van der Waals surface area contributed by atoms with Crippen molar-refractivity contribution < 1.29 is 9.90 Å². The maximum Gasteiger partial charge on any atom is 0.304 e. The van der Waals surface area contributed by atoms with E-state index in [0.29, 0.717) is 12.1 Å². The van der Waals surface area contributed by atoms with Crippen molar-refractivity contribution in [1.82, 2.24) is 10.2 Å². The first-order chi connectivity index (χ1) is 9.18. The van der Waals surface area contributed by atoms with Gasteiger partial charge < -0.3 is 10.4 Å². The summed E-state index contributed by atoms with van der Waals surface area (Å²) < 4.78 is 0. The second-order valence-corrected chi connectivity index (χ2v) is 6.19. The predicted octanol–water partition coefficient (Wildman–Crippen LogP) is 2.24. The molecule has 2 aliphatic rings. The van der Waals surface area contributed by atoms with Gasteiger partial charge in [0.25, 0.3) is 0 Å². The van der Waals surface area contributed by atoms with Gasteiger partial charge >= 0.3 is 5.97 Å². The third-order valence-corrected chi connectivity index (χ3v) is 4.71. The summed E-state index contributed by atoms with van der Waals surface area (Å²) in [5, 5.41) is 12.6. The van der Waals surface area contributed by atoms with Crippen molar-refractivity contribution in [1.29, 1.82) is 0 Å². The topological polar surface area (TPSA) is 52.6 Å². The monoisotopic (exact) mass is 268 g/mol. The van der Waals surface area contributed by atoms with E-state index in [9.17, 15) is 4.79 Å². The Labute approximate surface area is 116 Å². The van der Waals surface area contributed by atoms with Gasteiger partial charge in [0.2, 0.25) is 0 Å². The Morgan fingerprint density at radius 3 is 2.53 bits per heavy atom. The molecule has 2 unspecified atom stereocenters. The van der Waals surface area contributed by atoms with E-state index < -0.39 is 5.97 Å². The summed E-state index contributed by atoms with van der Waals surface area (Å²) in [6, 6.07) is 1.27. The quantitative estimate of drug-likeness (QED) is 0.771. The molecule has 19 heavy (non-hydrogen) atoms. The van der Waals surface area contributed by atoms with Crippen LogP contribution >= 0.6 is 0 Å². The first-order valence-corrected chi connectivity index (χ1v) is 7.88. The Kier molecular flexibility index (Phi) is 5.64. The van der Waals surface area contributed by atoms with Crippen molar-refractivity contribution in [2.45, 2.75) is 76.4 Å². The van der Waals surface area contributed by atoms with Crippen molar-refractivity contribution in [2.75, 3.05) is 13.1 Å². The molecule has 1 saturated carbocycles. The maximum atomic E-state index is 11.1. The number of hydrogen-bond donors (Lipinski definition) is 2. The highest BCUT2D eigenvalue weighted by Crippen LogP contribution is 2.27. The van der Waals surface area contributed by atoms with E-state index in [4.69, 9.17) is 5.11 Å². The fourth-order valence-electron chi connectivity index (χ4n) is 3.79. The van der Waals surface area contributed by atoms with Gasteiger partial charge in [-0.2, -0.15) is 0 Å². The van der Waals surface area contributed by atoms with Crippen molar-refractivity contribution in [3.63, 3.8) is 0 Å². The molecule has 2 atom stereocenters. The van der Waals surface area contributed by atoms with Crippen LogP contribution in [0.5, 0.6) is 0 Å². The van der Waals surface area contributed by atoms with Crippen LogP contribution in [0.3, 0.4) is 0 Å². The lowest BCUT2D eigenvalue weighted by Crippen LogP contribution is -2.50. The molecule has 110 valence electrons. The molecular weight excluding hydrogens is 240 g/mol. The van der Waals surface area contributed by atoms with E-state index in [0.717, 1.165) is 19.5 Å². The highest BCUT2D eigenvalue weighted by atomic mass is 16.4. The molecule has 0 radical (unpaired) electrons. The third kappa shape index (κ3) is 4.18. The number of carboxylic acids is 1. The molecule has 1 heterocycles. The average molecular weight is 268 g/mol. The molecule has 0 aromatic heterocycles. The molecule has 1 saturated heterocycles. The van der Waals surface area contributed by atoms with Gasteiger partial charge in [0.05, 0.1) is 6.42 Å². The zero-order valence-electron chi connectivity index (χ0n) is 12.1. The normalized spacial score (nSPS) is 31.6. The van der Waals surface area contributed by atoms with Gasteiger partial charge in [0, 0.05) is 24.7 Å². The molecule has 0 aromatic rings. The van der Waals surface area contributed by atoms with E-state index in [2.05, 4.69) is 17.1 Å². The van der Waals surface area contributed by atoms with Gasteiger partial charge in [-0.15, -0.1) is 0 Å². The van der Waals surface area contributed by atoms with Crippen LogP contribution in [-0.2, 0) is 4.79 Å². The first kappa shape index (κ1) is 14.8. The second-order valence-electron chi connectivity index (χ2n) is 6.19. The molecule has 2 rings (SSSR count). The molecule has 4 heteroatoms. The van der Waals surface area contributed by atoms with Crippen LogP contribution < -0.4 is 5.32 Å². The molecule has 2 N–H and O–H groups in total. The number of carbonyl (C=O) groups is 1. The summed E-state index contributed by atoms with van der Waals surface area (Å²) in [6.45, 7) is 4.11. The van der Waals surface area contributed by atoms with Crippen LogP contribution in [0.25, 0.3) is 0 Å². The fraction of sp³-hybridized carbons (Fsp3) is 0.933. The van der Waals surface area contributed by atoms with Gasteiger partial charge in [-0.1, -0.05) is 25.7 Å². The Morgan fingerprint density at radius 2 is 1.89 bits per heavy atom. The number of carboxylic acid groups (broad SMARTS) is 1. The van der Waals surface area contributed by atoms with E-state index >= 15 is 0 Å². The SMILES string of the molecule is CC1CCNCC(CC(=O)O)N1C1CCCCCC1. The van der Waals surface area contributed by atoms with Crippen LogP contribution in [0.4, 0.5) is 0 Å². The first-order valence-electron chi connectivity index (χ1n) is 7.88. The van der Waals surface area contributed by atoms with Crippen LogP contribution in [0.15, 0.2) is 0 Å². The fourth-order valence-corrected chi connectivity index (χ4v) is 3.79. The number of rotatable bonds is 3. The lowest BCUT2D eigenvalue weighted by molar-refractivity contribution is -0.138. The van der Waals surface area contributed by atoms with Crippen molar-refractivity contribution >= 4 is 5.97 Å². The van der Waals surface area contributed by atoms with Gasteiger partial charge in [0.1, 0.15) is 0 Å². The minimum absolute atomic E-state index is 0.165. The van der Waals surface area contributed by atoms with E-state index in [1.54, 1.807) is 0 Å². The summed E-state index contributed by atoms with van der Waals surface area (Å²) in [6.07, 6.45) is 9.21. The minimum Gasteiger partial charge on any atom is -0.481 e. The Bertz CT molecular complexity index is 288. The molecule has 0 aromatic carbocycles. The summed E-state index contributed by atoms with van der Waals surface area (Å²) in [5.41, 5.74) is 0. The highest BCUT2D eigenvalue weighted by Gasteiger charge is 2.33. The molecule has 0 amide bonds. The van der Waals surface area contributed by atoms with Gasteiger partial charge in [-0.3, -0.25) is 9.69 Å². The third-order valence-electron chi connectivity index (χ3n) is 4.71. The van der Waals surface area contributed by atoms with Gasteiger partial charge in [0.15, 0.2) is 0 Å². The standard InChI is InChI=1S/C15H28N2O2/c1-12-8-9-16-11-14(10-15(18)19)17(12)13-6-4-2-3-5-7-13/h12-14,16H,2-11H2,1H3,(H,18,19). The summed E-state index contributed by atoms with van der Waals surface area (Å²) in [4.78, 5) is 13.7. The molecule has 1 aliphatic carbocycles. The van der Waals surface area contributed by atoms with E-state index in [-0.39, 0.29) is 12.5 Å². The van der Waals surface area contributed by atoms with Crippen molar-refractivity contribution in [3.05, 3.63) is 0 Å². The molecule has 0 bridgehead atoms. The molecular formula is C15H28N2O2. The molecule has 2 fully saturated rings. The molecule has 1 aliphatic heterocycles. The van der Waals surface area contributed by atoms with Gasteiger partial charge in [-0.25, -0.2) is 0 Å². The Balaban J connectivity index is 2.10. The lowest BCUT2D eigenvalue weighted by atomic mass is 10.00. The van der Waals surface area contributed by atoms with Crippen molar-refractivity contribution in [2.24, 2.45) is 0 Å². The lowest BCUT2D eigenvalue weighted by Gasteiger charge is -2.40. The Morgan fingerprint density at radius 1 is 1.21 bits per heavy atom. The average Bonchev–Trinajstić information content (AvgIpc) is 2.70. The van der Waals surface area contributed by atoms with Crippen molar-refractivity contribution in [3.8, 4) is 0 Å². The summed E-state index contributed by atoms with van der Waals surface area (Å²) in [5.74, 6) is -0.667. The number of aliphatic carboxylic acids is 1. The zero-order valence-corrected chi connectivity index (χ0v) is 12.1. The molecule has 0 spiro atoms. The zero-order chi connectivity index (χ0) is 13.7. The summed E-state index contributed by atoms with van der Waals surface area (Å²) in [7, 11) is 0. The van der Waals surface area contributed by atoms with Crippen LogP contribution in [0.1, 0.15) is 58.3 Å². The van der Waals surface area contributed by atoms with Gasteiger partial charge in [-0.05, 0) is 32.7 Å². The second kappa shape index (κ2) is 7.25. The largest absolute Gasteiger partial charge is 0.481 e. The van der Waals surface area contributed by atoms with E-state index in [1.165, 1.54) is 38.5 Å². The van der Waals surface area contributed by atoms with Crippen LogP contribution in [0.2, 0.25) is 0 Å². The summed E-state index contributed by atoms with van der Waals surface area (Å²) >= 11 is 0. The number of nitrogens with zero attached hydrogens (tertiary/aromatic N) is 1. The van der Waals surface area contributed by atoms with Crippen LogP contribution in [0, 0.1) is 0 Å². The van der Waals surface area contributed by atoms with Crippen LogP contribution in [-0.4, -0.2) is 47.2 Å². The molecule has 4 nitrogen and oxygen atoms in total. The predicted molar refractivity (Wildman–Crippen MR) is 76.3 cm³/mol. The number of nitrogens with one attached hydrogen (secondary N) is 1. The minimum atomic E-state index is -0.667. The smallest absolute Gasteiger partial charge is 0.304 e. The maximum absolute atomic E-state index is 11.1. The van der Waals surface area contributed by atoms with E-state index in [1.807, 2.05) is 0 Å².